The normalized spacial score (nSPS) is 11.3. The number of ether oxygens (including phenoxy) is 1. The highest BCUT2D eigenvalue weighted by atomic mass is 32.2. The lowest BCUT2D eigenvalue weighted by Gasteiger charge is -2.08. The smallest absolute Gasteiger partial charge is 0.196 e. The summed E-state index contributed by atoms with van der Waals surface area (Å²) in [6, 6.07) is 8.18. The van der Waals surface area contributed by atoms with Gasteiger partial charge in [-0.25, -0.2) is 0 Å². The van der Waals surface area contributed by atoms with E-state index in [1.807, 2.05) is 12.1 Å². The zero-order chi connectivity index (χ0) is 13.4. The number of hydrogen-bond acceptors (Lipinski definition) is 4. The molecule has 0 fully saturated rings. The molecular formula is C14H15N3OS. The molecule has 0 spiro atoms. The van der Waals surface area contributed by atoms with Crippen molar-refractivity contribution in [3.8, 4) is 5.75 Å². The summed E-state index contributed by atoms with van der Waals surface area (Å²) < 4.78 is 7.42. The van der Waals surface area contributed by atoms with E-state index in [0.717, 1.165) is 27.8 Å². The van der Waals surface area contributed by atoms with Crippen LogP contribution < -0.4 is 4.74 Å². The Hall–Kier alpha value is -1.75. The Balaban J connectivity index is 2.42. The second-order valence-corrected chi connectivity index (χ2v) is 5.55. The van der Waals surface area contributed by atoms with Gasteiger partial charge < -0.3 is 4.74 Å². The van der Waals surface area contributed by atoms with Gasteiger partial charge in [-0.05, 0) is 36.4 Å². The highest BCUT2D eigenvalue weighted by molar-refractivity contribution is 7.99. The molecule has 0 amide bonds. The Morgan fingerprint density at radius 2 is 2.11 bits per heavy atom. The summed E-state index contributed by atoms with van der Waals surface area (Å²) >= 11 is 1.69. The van der Waals surface area contributed by atoms with Crippen molar-refractivity contribution < 1.29 is 4.74 Å². The summed E-state index contributed by atoms with van der Waals surface area (Å²) in [4.78, 5) is 0. The third-order valence-electron chi connectivity index (χ3n) is 3.15. The van der Waals surface area contributed by atoms with Gasteiger partial charge in [0.15, 0.2) is 10.8 Å². The Morgan fingerprint density at radius 3 is 2.84 bits per heavy atom. The van der Waals surface area contributed by atoms with Gasteiger partial charge in [-0.15, -0.1) is 10.2 Å². The predicted octanol–water partition coefficient (Wildman–Crippen LogP) is 3.31. The zero-order valence-electron chi connectivity index (χ0n) is 11.2. The van der Waals surface area contributed by atoms with Crippen molar-refractivity contribution in [1.29, 1.82) is 0 Å². The van der Waals surface area contributed by atoms with Crippen molar-refractivity contribution in [2.45, 2.75) is 19.0 Å². The zero-order valence-corrected chi connectivity index (χ0v) is 12.0. The molecule has 0 aliphatic carbocycles. The molecule has 0 atom stereocenters. The van der Waals surface area contributed by atoms with Crippen LogP contribution in [0.25, 0.3) is 16.6 Å². The van der Waals surface area contributed by atoms with Crippen LogP contribution in [0, 0.1) is 6.92 Å². The summed E-state index contributed by atoms with van der Waals surface area (Å²) in [6.45, 7) is 4.21. The fourth-order valence-electron chi connectivity index (χ4n) is 2.25. The van der Waals surface area contributed by atoms with Crippen LogP contribution in [0.4, 0.5) is 0 Å². The molecule has 1 aromatic carbocycles. The van der Waals surface area contributed by atoms with Crippen LogP contribution in [0.3, 0.4) is 0 Å². The fraction of sp³-hybridized carbons (Fsp3) is 0.286. The molecule has 0 aliphatic rings. The molecule has 5 heteroatoms. The van der Waals surface area contributed by atoms with E-state index >= 15 is 0 Å². The van der Waals surface area contributed by atoms with E-state index in [0.29, 0.717) is 0 Å². The van der Waals surface area contributed by atoms with Crippen LogP contribution in [0.15, 0.2) is 29.4 Å². The van der Waals surface area contributed by atoms with E-state index < -0.39 is 0 Å². The third-order valence-corrected chi connectivity index (χ3v) is 3.96. The molecular weight excluding hydrogens is 258 g/mol. The lowest BCUT2D eigenvalue weighted by atomic mass is 10.1. The van der Waals surface area contributed by atoms with Crippen molar-refractivity contribution in [2.75, 3.05) is 12.9 Å². The number of aryl methyl sites for hydroxylation is 1. The molecule has 0 bridgehead atoms. The first-order valence-corrected chi connectivity index (χ1v) is 7.18. The highest BCUT2D eigenvalue weighted by Crippen LogP contribution is 2.28. The van der Waals surface area contributed by atoms with Crippen LogP contribution in [0.1, 0.15) is 12.5 Å². The second-order valence-electron chi connectivity index (χ2n) is 4.32. The molecule has 4 nitrogen and oxygen atoms in total. The molecule has 0 radical (unpaired) electrons. The minimum absolute atomic E-state index is 0.848. The SMILES string of the molecule is CCSc1nnc2cc(C)c3ccc(OC)cc3n12. The summed E-state index contributed by atoms with van der Waals surface area (Å²) in [5.74, 6) is 1.82. The van der Waals surface area contributed by atoms with Gasteiger partial charge >= 0.3 is 0 Å². The summed E-state index contributed by atoms with van der Waals surface area (Å²) in [7, 11) is 1.68. The molecule has 0 saturated carbocycles. The maximum Gasteiger partial charge on any atom is 0.196 e. The largest absolute Gasteiger partial charge is 0.497 e. The van der Waals surface area contributed by atoms with Crippen molar-refractivity contribution in [3.05, 3.63) is 29.8 Å². The minimum atomic E-state index is 0.848. The van der Waals surface area contributed by atoms with Gasteiger partial charge in [0.05, 0.1) is 12.6 Å². The lowest BCUT2D eigenvalue weighted by molar-refractivity contribution is 0.415. The summed E-state index contributed by atoms with van der Waals surface area (Å²) in [5.41, 5.74) is 3.18. The maximum absolute atomic E-state index is 5.33. The van der Waals surface area contributed by atoms with Gasteiger partial charge in [-0.1, -0.05) is 18.7 Å². The maximum atomic E-state index is 5.33. The highest BCUT2D eigenvalue weighted by Gasteiger charge is 2.11. The average molecular weight is 273 g/mol. The van der Waals surface area contributed by atoms with Gasteiger partial charge in [-0.3, -0.25) is 4.40 Å². The van der Waals surface area contributed by atoms with Crippen LogP contribution >= 0.6 is 11.8 Å². The molecule has 0 saturated heterocycles. The van der Waals surface area contributed by atoms with E-state index in [4.69, 9.17) is 4.74 Å². The average Bonchev–Trinajstić information content (AvgIpc) is 2.82. The van der Waals surface area contributed by atoms with Gasteiger partial charge in [0, 0.05) is 11.5 Å². The molecule has 98 valence electrons. The molecule has 3 aromatic rings. The van der Waals surface area contributed by atoms with E-state index in [1.165, 1.54) is 10.9 Å². The van der Waals surface area contributed by atoms with Crippen LogP contribution in [0.5, 0.6) is 5.75 Å². The van der Waals surface area contributed by atoms with Gasteiger partial charge in [0.25, 0.3) is 0 Å². The monoisotopic (exact) mass is 273 g/mol. The molecule has 0 unspecified atom stereocenters. The van der Waals surface area contributed by atoms with Crippen molar-refractivity contribution in [1.82, 2.24) is 14.6 Å². The summed E-state index contributed by atoms with van der Waals surface area (Å²) in [5, 5.41) is 10.6. The van der Waals surface area contributed by atoms with Gasteiger partial charge in [0.1, 0.15) is 5.75 Å². The lowest BCUT2D eigenvalue weighted by Crippen LogP contribution is -1.94. The van der Waals surface area contributed by atoms with Gasteiger partial charge in [0.2, 0.25) is 0 Å². The number of benzene rings is 1. The number of thioether (sulfide) groups is 1. The first-order chi connectivity index (χ1) is 9.24. The van der Waals surface area contributed by atoms with Crippen LogP contribution in [-0.4, -0.2) is 27.5 Å². The number of aromatic nitrogens is 3. The molecule has 2 aromatic heterocycles. The Morgan fingerprint density at radius 1 is 1.26 bits per heavy atom. The first-order valence-electron chi connectivity index (χ1n) is 6.20. The molecule has 0 aliphatic heterocycles. The fourth-order valence-corrected chi connectivity index (χ4v) is 2.93. The summed E-state index contributed by atoms with van der Waals surface area (Å²) in [6.07, 6.45) is 0. The molecule has 0 N–H and O–H groups in total. The van der Waals surface area contributed by atoms with Crippen molar-refractivity contribution in [3.63, 3.8) is 0 Å². The number of fused-ring (bicyclic) bond motifs is 3. The van der Waals surface area contributed by atoms with Crippen molar-refractivity contribution >= 4 is 28.3 Å². The minimum Gasteiger partial charge on any atom is -0.497 e. The Bertz CT molecular complexity index is 751. The van der Waals surface area contributed by atoms with E-state index in [-0.39, 0.29) is 0 Å². The predicted molar refractivity (Wildman–Crippen MR) is 78.2 cm³/mol. The van der Waals surface area contributed by atoms with Crippen LogP contribution in [0.2, 0.25) is 0 Å². The standard InChI is InChI=1S/C14H15N3OS/c1-4-19-14-16-15-13-7-9(2)11-6-5-10(18-3)8-12(11)17(13)14/h5-8H,4H2,1-3H3. The number of hydrogen-bond donors (Lipinski definition) is 0. The van der Waals surface area contributed by atoms with E-state index in [9.17, 15) is 0 Å². The molecule has 2 heterocycles. The quantitative estimate of drug-likeness (QED) is 0.686. The first kappa shape index (κ1) is 12.3. The molecule has 19 heavy (non-hydrogen) atoms. The third kappa shape index (κ3) is 1.94. The topological polar surface area (TPSA) is 39.4 Å². The number of nitrogens with zero attached hydrogens (tertiary/aromatic N) is 3. The number of methoxy groups -OCH3 is 1. The second kappa shape index (κ2) is 4.74. The Labute approximate surface area is 115 Å². The number of pyridine rings is 1. The Kier molecular flexibility index (Phi) is 3.06. The molecule has 3 rings (SSSR count). The number of rotatable bonds is 3. The van der Waals surface area contributed by atoms with E-state index in [2.05, 4.69) is 40.6 Å². The van der Waals surface area contributed by atoms with Gasteiger partial charge in [-0.2, -0.15) is 0 Å². The van der Waals surface area contributed by atoms with Crippen LogP contribution in [-0.2, 0) is 0 Å². The van der Waals surface area contributed by atoms with E-state index in [1.54, 1.807) is 18.9 Å². The van der Waals surface area contributed by atoms with Crippen molar-refractivity contribution in [2.24, 2.45) is 0 Å².